The summed E-state index contributed by atoms with van der Waals surface area (Å²) in [5.74, 6) is 0.594. The molecule has 0 fully saturated rings. The van der Waals surface area contributed by atoms with Crippen LogP contribution < -0.4 is 5.32 Å². The Morgan fingerprint density at radius 3 is 2.82 bits per heavy atom. The molecule has 0 spiro atoms. The molecule has 2 N–H and O–H groups in total. The number of nitrogens with one attached hydrogen (secondary N) is 1. The molecular formula is C12H19N3O2. The number of hydrogen-bond donors (Lipinski definition) is 2. The van der Waals surface area contributed by atoms with E-state index in [0.29, 0.717) is 17.9 Å². The van der Waals surface area contributed by atoms with Gasteiger partial charge in [-0.05, 0) is 26.0 Å². The zero-order chi connectivity index (χ0) is 12.8. The van der Waals surface area contributed by atoms with E-state index in [0.717, 1.165) is 12.2 Å². The monoisotopic (exact) mass is 237 g/mol. The predicted octanol–water partition coefficient (Wildman–Crippen LogP) is 0.886. The molecule has 0 aromatic carbocycles. The van der Waals surface area contributed by atoms with Crippen molar-refractivity contribution in [3.8, 4) is 0 Å². The summed E-state index contributed by atoms with van der Waals surface area (Å²) >= 11 is 0. The lowest BCUT2D eigenvalue weighted by molar-refractivity contribution is 0.0767. The molecule has 1 amide bonds. The smallest absolute Gasteiger partial charge is 0.253 e. The first-order valence-electron chi connectivity index (χ1n) is 5.67. The Kier molecular flexibility index (Phi) is 4.90. The molecule has 0 unspecified atom stereocenters. The van der Waals surface area contributed by atoms with Gasteiger partial charge in [0.2, 0.25) is 0 Å². The highest BCUT2D eigenvalue weighted by atomic mass is 16.3. The van der Waals surface area contributed by atoms with E-state index in [2.05, 4.69) is 10.3 Å². The summed E-state index contributed by atoms with van der Waals surface area (Å²) in [6, 6.07) is 3.48. The van der Waals surface area contributed by atoms with Gasteiger partial charge in [-0.15, -0.1) is 0 Å². The predicted molar refractivity (Wildman–Crippen MR) is 67.2 cm³/mol. The van der Waals surface area contributed by atoms with Crippen LogP contribution in [-0.4, -0.2) is 47.6 Å². The number of carbonyl (C=O) groups is 1. The number of pyridine rings is 1. The number of aliphatic hydroxyl groups excluding tert-OH is 1. The van der Waals surface area contributed by atoms with Crippen molar-refractivity contribution < 1.29 is 9.90 Å². The van der Waals surface area contributed by atoms with Gasteiger partial charge in [0.1, 0.15) is 5.82 Å². The van der Waals surface area contributed by atoms with E-state index in [1.165, 1.54) is 4.90 Å². The highest BCUT2D eigenvalue weighted by Gasteiger charge is 2.12. The summed E-state index contributed by atoms with van der Waals surface area (Å²) in [4.78, 5) is 17.8. The van der Waals surface area contributed by atoms with Crippen molar-refractivity contribution in [3.63, 3.8) is 0 Å². The van der Waals surface area contributed by atoms with Crippen LogP contribution in [0.5, 0.6) is 0 Å². The van der Waals surface area contributed by atoms with Gasteiger partial charge in [-0.2, -0.15) is 0 Å². The first-order valence-corrected chi connectivity index (χ1v) is 5.67. The molecule has 5 heteroatoms. The highest BCUT2D eigenvalue weighted by molar-refractivity contribution is 5.94. The summed E-state index contributed by atoms with van der Waals surface area (Å²) < 4.78 is 0. The van der Waals surface area contributed by atoms with E-state index >= 15 is 0 Å². The van der Waals surface area contributed by atoms with Gasteiger partial charge < -0.3 is 15.3 Å². The molecule has 0 bridgehead atoms. The minimum atomic E-state index is -0.108. The molecular weight excluding hydrogens is 218 g/mol. The van der Waals surface area contributed by atoms with Crippen LogP contribution in [0.4, 0.5) is 5.82 Å². The van der Waals surface area contributed by atoms with Crippen molar-refractivity contribution in [3.05, 3.63) is 23.4 Å². The van der Waals surface area contributed by atoms with Crippen molar-refractivity contribution in [2.75, 3.05) is 32.1 Å². The first-order chi connectivity index (χ1) is 8.08. The SMILES string of the molecule is CCNc1cc(C(=O)N(C)CCO)cc(C)n1. The van der Waals surface area contributed by atoms with Crippen LogP contribution in [0.25, 0.3) is 0 Å². The van der Waals surface area contributed by atoms with Crippen LogP contribution in [0.15, 0.2) is 12.1 Å². The number of nitrogens with zero attached hydrogens (tertiary/aromatic N) is 2. The second kappa shape index (κ2) is 6.20. The lowest BCUT2D eigenvalue weighted by Gasteiger charge is -2.16. The standard InChI is InChI=1S/C12H19N3O2/c1-4-13-11-8-10(7-9(2)14-11)12(17)15(3)5-6-16/h7-8,16H,4-6H2,1-3H3,(H,13,14). The quantitative estimate of drug-likeness (QED) is 0.798. The third-order valence-corrected chi connectivity index (χ3v) is 2.34. The molecule has 1 rings (SSSR count). The number of aryl methyl sites for hydroxylation is 1. The van der Waals surface area contributed by atoms with E-state index in [-0.39, 0.29) is 12.5 Å². The molecule has 94 valence electrons. The lowest BCUT2D eigenvalue weighted by atomic mass is 10.2. The van der Waals surface area contributed by atoms with Crippen LogP contribution in [0, 0.1) is 6.92 Å². The molecule has 0 aliphatic heterocycles. The number of hydrogen-bond acceptors (Lipinski definition) is 4. The average Bonchev–Trinajstić information content (AvgIpc) is 2.28. The van der Waals surface area contributed by atoms with Crippen molar-refractivity contribution in [2.45, 2.75) is 13.8 Å². The largest absolute Gasteiger partial charge is 0.395 e. The van der Waals surface area contributed by atoms with Gasteiger partial charge in [-0.3, -0.25) is 4.79 Å². The highest BCUT2D eigenvalue weighted by Crippen LogP contribution is 2.11. The maximum Gasteiger partial charge on any atom is 0.253 e. The fourth-order valence-corrected chi connectivity index (χ4v) is 1.54. The zero-order valence-corrected chi connectivity index (χ0v) is 10.5. The maximum atomic E-state index is 12.0. The molecule has 0 atom stereocenters. The minimum absolute atomic E-state index is 0.0353. The molecule has 5 nitrogen and oxygen atoms in total. The maximum absolute atomic E-state index is 12.0. The summed E-state index contributed by atoms with van der Waals surface area (Å²) in [6.07, 6.45) is 0. The normalized spacial score (nSPS) is 10.1. The topological polar surface area (TPSA) is 65.5 Å². The average molecular weight is 237 g/mol. The summed E-state index contributed by atoms with van der Waals surface area (Å²) in [5.41, 5.74) is 1.38. The summed E-state index contributed by atoms with van der Waals surface area (Å²) in [7, 11) is 1.67. The number of aromatic nitrogens is 1. The Balaban J connectivity index is 2.92. The van der Waals surface area contributed by atoms with Gasteiger partial charge in [-0.25, -0.2) is 4.98 Å². The minimum Gasteiger partial charge on any atom is -0.395 e. The van der Waals surface area contributed by atoms with Gasteiger partial charge in [-0.1, -0.05) is 0 Å². The number of aliphatic hydroxyl groups is 1. The van der Waals surface area contributed by atoms with Crippen molar-refractivity contribution in [1.82, 2.24) is 9.88 Å². The third kappa shape index (κ3) is 3.71. The Morgan fingerprint density at radius 1 is 1.53 bits per heavy atom. The molecule has 1 heterocycles. The molecule has 0 aliphatic carbocycles. The summed E-state index contributed by atoms with van der Waals surface area (Å²) in [5, 5.41) is 11.9. The summed E-state index contributed by atoms with van der Waals surface area (Å²) in [6.45, 7) is 4.88. The van der Waals surface area contributed by atoms with E-state index in [4.69, 9.17) is 5.11 Å². The van der Waals surface area contributed by atoms with Gasteiger partial charge in [0, 0.05) is 31.4 Å². The van der Waals surface area contributed by atoms with E-state index in [9.17, 15) is 4.79 Å². The Hall–Kier alpha value is -1.62. The molecule has 0 saturated carbocycles. The van der Waals surface area contributed by atoms with E-state index in [1.54, 1.807) is 19.2 Å². The molecule has 0 radical (unpaired) electrons. The zero-order valence-electron chi connectivity index (χ0n) is 10.5. The fourth-order valence-electron chi connectivity index (χ4n) is 1.54. The first kappa shape index (κ1) is 13.4. The third-order valence-electron chi connectivity index (χ3n) is 2.34. The van der Waals surface area contributed by atoms with Gasteiger partial charge in [0.15, 0.2) is 0 Å². The Morgan fingerprint density at radius 2 is 2.24 bits per heavy atom. The van der Waals surface area contributed by atoms with Gasteiger partial charge >= 0.3 is 0 Å². The van der Waals surface area contributed by atoms with Gasteiger partial charge in [0.25, 0.3) is 5.91 Å². The molecule has 0 aliphatic rings. The van der Waals surface area contributed by atoms with Gasteiger partial charge in [0.05, 0.1) is 6.61 Å². The van der Waals surface area contributed by atoms with Crippen LogP contribution in [-0.2, 0) is 0 Å². The van der Waals surface area contributed by atoms with Crippen LogP contribution in [0.3, 0.4) is 0 Å². The van der Waals surface area contributed by atoms with E-state index < -0.39 is 0 Å². The molecule has 17 heavy (non-hydrogen) atoms. The fraction of sp³-hybridized carbons (Fsp3) is 0.500. The second-order valence-electron chi connectivity index (χ2n) is 3.86. The van der Waals surface area contributed by atoms with Crippen molar-refractivity contribution >= 4 is 11.7 Å². The molecule has 1 aromatic heterocycles. The molecule has 0 saturated heterocycles. The van der Waals surface area contributed by atoms with Crippen LogP contribution >= 0.6 is 0 Å². The van der Waals surface area contributed by atoms with E-state index in [1.807, 2.05) is 13.8 Å². The lowest BCUT2D eigenvalue weighted by Crippen LogP contribution is -2.29. The van der Waals surface area contributed by atoms with Crippen molar-refractivity contribution in [2.24, 2.45) is 0 Å². The number of amides is 1. The second-order valence-corrected chi connectivity index (χ2v) is 3.86. The number of rotatable bonds is 5. The van der Waals surface area contributed by atoms with Crippen LogP contribution in [0.2, 0.25) is 0 Å². The number of carbonyl (C=O) groups excluding carboxylic acids is 1. The Labute approximate surface area is 101 Å². The van der Waals surface area contributed by atoms with Crippen molar-refractivity contribution in [1.29, 1.82) is 0 Å². The Bertz CT molecular complexity index is 393. The molecule has 1 aromatic rings. The van der Waals surface area contributed by atoms with Crippen LogP contribution in [0.1, 0.15) is 23.0 Å². The number of anilines is 1. The number of likely N-dealkylation sites (N-methyl/N-ethyl adjacent to an activating group) is 1.